The van der Waals surface area contributed by atoms with Crippen molar-refractivity contribution in [2.45, 2.75) is 32.4 Å². The number of aromatic nitrogens is 2. The number of carbonyl (C=O) groups excluding carboxylic acids is 1. The number of imidazole rings is 1. The number of amides is 1. The molecule has 0 aliphatic rings. The number of nitrogens with zero attached hydrogens (tertiary/aromatic N) is 2. The third-order valence-electron chi connectivity index (χ3n) is 2.01. The van der Waals surface area contributed by atoms with Crippen molar-refractivity contribution in [2.75, 3.05) is 6.61 Å². The quantitative estimate of drug-likeness (QED) is 0.704. The molecular formula is C10H17N3O2. The highest BCUT2D eigenvalue weighted by Gasteiger charge is 2.06. The van der Waals surface area contributed by atoms with Crippen LogP contribution in [-0.2, 0) is 11.3 Å². The van der Waals surface area contributed by atoms with Gasteiger partial charge in [-0.05, 0) is 13.3 Å². The van der Waals surface area contributed by atoms with Gasteiger partial charge >= 0.3 is 0 Å². The molecule has 0 fully saturated rings. The summed E-state index contributed by atoms with van der Waals surface area (Å²) in [5.74, 6) is -0.0170. The third kappa shape index (κ3) is 4.60. The average molecular weight is 211 g/mol. The maximum absolute atomic E-state index is 11.3. The molecule has 0 radical (unpaired) electrons. The second-order valence-corrected chi connectivity index (χ2v) is 3.56. The summed E-state index contributed by atoms with van der Waals surface area (Å²) in [4.78, 5) is 15.2. The lowest BCUT2D eigenvalue weighted by Crippen LogP contribution is -2.35. The molecule has 1 amide bonds. The summed E-state index contributed by atoms with van der Waals surface area (Å²) in [6.07, 6.45) is 6.18. The summed E-state index contributed by atoms with van der Waals surface area (Å²) in [5.41, 5.74) is 0. The van der Waals surface area contributed by atoms with Gasteiger partial charge in [-0.1, -0.05) is 0 Å². The normalized spacial score (nSPS) is 12.4. The topological polar surface area (TPSA) is 67.2 Å². The van der Waals surface area contributed by atoms with Crippen LogP contribution in [0.1, 0.15) is 19.8 Å². The van der Waals surface area contributed by atoms with Crippen molar-refractivity contribution < 1.29 is 9.90 Å². The first kappa shape index (κ1) is 11.7. The van der Waals surface area contributed by atoms with Gasteiger partial charge in [-0.15, -0.1) is 0 Å². The molecule has 1 aromatic heterocycles. The molecule has 0 aliphatic heterocycles. The number of nitrogens with one attached hydrogen (secondary N) is 1. The summed E-state index contributed by atoms with van der Waals surface area (Å²) < 4.78 is 1.91. The maximum atomic E-state index is 11.3. The molecule has 2 N–H and O–H groups in total. The van der Waals surface area contributed by atoms with E-state index in [1.54, 1.807) is 12.5 Å². The van der Waals surface area contributed by atoms with Crippen LogP contribution in [0.2, 0.25) is 0 Å². The zero-order valence-electron chi connectivity index (χ0n) is 8.89. The lowest BCUT2D eigenvalue weighted by atomic mass is 10.2. The van der Waals surface area contributed by atoms with Crippen LogP contribution in [0.5, 0.6) is 0 Å². The molecule has 0 bridgehead atoms. The molecule has 1 aromatic rings. The van der Waals surface area contributed by atoms with E-state index < -0.39 is 0 Å². The van der Waals surface area contributed by atoms with E-state index in [1.807, 2.05) is 17.7 Å². The molecule has 0 saturated carbocycles. The molecule has 1 unspecified atom stereocenters. The molecule has 5 heteroatoms. The molecular weight excluding hydrogens is 194 g/mol. The highest BCUT2D eigenvalue weighted by atomic mass is 16.3. The van der Waals surface area contributed by atoms with Gasteiger partial charge in [0.1, 0.15) is 0 Å². The number of aliphatic hydroxyl groups is 1. The van der Waals surface area contributed by atoms with Gasteiger partial charge in [-0.3, -0.25) is 4.79 Å². The van der Waals surface area contributed by atoms with Crippen LogP contribution in [0.25, 0.3) is 0 Å². The molecule has 0 aliphatic carbocycles. The van der Waals surface area contributed by atoms with Gasteiger partial charge in [0, 0.05) is 38.0 Å². The molecule has 0 aromatic carbocycles. The Hall–Kier alpha value is -1.36. The van der Waals surface area contributed by atoms with Gasteiger partial charge in [0.05, 0.1) is 6.33 Å². The zero-order chi connectivity index (χ0) is 11.1. The van der Waals surface area contributed by atoms with Crippen LogP contribution in [0.15, 0.2) is 18.7 Å². The van der Waals surface area contributed by atoms with E-state index in [0.29, 0.717) is 19.4 Å². The van der Waals surface area contributed by atoms with Gasteiger partial charge in [0.25, 0.3) is 0 Å². The Morgan fingerprint density at radius 3 is 3.07 bits per heavy atom. The van der Waals surface area contributed by atoms with Gasteiger partial charge < -0.3 is 15.0 Å². The zero-order valence-corrected chi connectivity index (χ0v) is 8.89. The standard InChI is InChI=1S/C10H17N3O2/c1-9(7-13-5-4-11-8-13)12-10(15)3-2-6-14/h4-5,8-9,14H,2-3,6-7H2,1H3,(H,12,15). The van der Waals surface area contributed by atoms with Crippen molar-refractivity contribution >= 4 is 5.91 Å². The van der Waals surface area contributed by atoms with E-state index in [0.717, 1.165) is 0 Å². The second kappa shape index (κ2) is 6.19. The lowest BCUT2D eigenvalue weighted by molar-refractivity contribution is -0.122. The predicted octanol–water partition coefficient (Wildman–Crippen LogP) is 0.160. The number of aliphatic hydroxyl groups excluding tert-OH is 1. The van der Waals surface area contributed by atoms with Crippen molar-refractivity contribution in [3.63, 3.8) is 0 Å². The molecule has 1 heterocycles. The molecule has 5 nitrogen and oxygen atoms in total. The van der Waals surface area contributed by atoms with Crippen molar-refractivity contribution in [1.29, 1.82) is 0 Å². The minimum absolute atomic E-state index is 0.0170. The Morgan fingerprint density at radius 1 is 1.67 bits per heavy atom. The van der Waals surface area contributed by atoms with E-state index in [4.69, 9.17) is 5.11 Å². The summed E-state index contributed by atoms with van der Waals surface area (Å²) >= 11 is 0. The van der Waals surface area contributed by atoms with Gasteiger partial charge in [-0.2, -0.15) is 0 Å². The van der Waals surface area contributed by atoms with Crippen LogP contribution in [0.4, 0.5) is 0 Å². The number of rotatable bonds is 6. The van der Waals surface area contributed by atoms with Gasteiger partial charge in [0.15, 0.2) is 0 Å². The van der Waals surface area contributed by atoms with E-state index in [1.165, 1.54) is 0 Å². The molecule has 15 heavy (non-hydrogen) atoms. The van der Waals surface area contributed by atoms with Gasteiger partial charge in [-0.25, -0.2) is 4.98 Å². The van der Waals surface area contributed by atoms with Crippen LogP contribution >= 0.6 is 0 Å². The molecule has 84 valence electrons. The monoisotopic (exact) mass is 211 g/mol. The Bertz CT molecular complexity index is 285. The van der Waals surface area contributed by atoms with Crippen LogP contribution in [-0.4, -0.2) is 33.2 Å². The maximum Gasteiger partial charge on any atom is 0.220 e. The fourth-order valence-electron chi connectivity index (χ4n) is 1.34. The van der Waals surface area contributed by atoms with Gasteiger partial charge in [0.2, 0.25) is 5.91 Å². The molecule has 1 rings (SSSR count). The Morgan fingerprint density at radius 2 is 2.47 bits per heavy atom. The predicted molar refractivity (Wildman–Crippen MR) is 56.2 cm³/mol. The van der Waals surface area contributed by atoms with E-state index in [2.05, 4.69) is 10.3 Å². The first-order valence-electron chi connectivity index (χ1n) is 5.08. The largest absolute Gasteiger partial charge is 0.396 e. The highest BCUT2D eigenvalue weighted by molar-refractivity contribution is 5.76. The smallest absolute Gasteiger partial charge is 0.220 e. The highest BCUT2D eigenvalue weighted by Crippen LogP contribution is 1.94. The van der Waals surface area contributed by atoms with Crippen LogP contribution in [0.3, 0.4) is 0 Å². The lowest BCUT2D eigenvalue weighted by Gasteiger charge is -2.14. The van der Waals surface area contributed by atoms with Crippen molar-refractivity contribution in [3.05, 3.63) is 18.7 Å². The first-order valence-corrected chi connectivity index (χ1v) is 5.08. The second-order valence-electron chi connectivity index (χ2n) is 3.56. The fourth-order valence-corrected chi connectivity index (χ4v) is 1.34. The SMILES string of the molecule is CC(Cn1ccnc1)NC(=O)CCCO. The Balaban J connectivity index is 2.23. The fraction of sp³-hybridized carbons (Fsp3) is 0.600. The Kier molecular flexibility index (Phi) is 4.83. The third-order valence-corrected chi connectivity index (χ3v) is 2.01. The van der Waals surface area contributed by atoms with Crippen LogP contribution in [0, 0.1) is 0 Å². The number of carbonyl (C=O) groups is 1. The molecule has 1 atom stereocenters. The van der Waals surface area contributed by atoms with E-state index in [9.17, 15) is 4.79 Å². The molecule has 0 spiro atoms. The first-order chi connectivity index (χ1) is 7.22. The number of hydrogen-bond donors (Lipinski definition) is 2. The van der Waals surface area contributed by atoms with Crippen molar-refractivity contribution in [3.8, 4) is 0 Å². The summed E-state index contributed by atoms with van der Waals surface area (Å²) in [6, 6.07) is 0.0744. The van der Waals surface area contributed by atoms with E-state index in [-0.39, 0.29) is 18.6 Å². The van der Waals surface area contributed by atoms with Crippen LogP contribution < -0.4 is 5.32 Å². The number of hydrogen-bond acceptors (Lipinski definition) is 3. The minimum Gasteiger partial charge on any atom is -0.396 e. The van der Waals surface area contributed by atoms with Crippen molar-refractivity contribution in [1.82, 2.24) is 14.9 Å². The summed E-state index contributed by atoms with van der Waals surface area (Å²) in [6.45, 7) is 2.71. The van der Waals surface area contributed by atoms with E-state index >= 15 is 0 Å². The summed E-state index contributed by atoms with van der Waals surface area (Å²) in [7, 11) is 0. The van der Waals surface area contributed by atoms with Crippen molar-refractivity contribution in [2.24, 2.45) is 0 Å². The minimum atomic E-state index is -0.0170. The average Bonchev–Trinajstić information content (AvgIpc) is 2.67. The molecule has 0 saturated heterocycles. The Labute approximate surface area is 89.1 Å². The summed E-state index contributed by atoms with van der Waals surface area (Å²) in [5, 5.41) is 11.4.